The molecule has 4 nitrogen and oxygen atoms in total. The van der Waals surface area contributed by atoms with Crippen LogP contribution in [0.3, 0.4) is 0 Å². The van der Waals surface area contributed by atoms with Crippen LogP contribution in [-0.2, 0) is 0 Å². The summed E-state index contributed by atoms with van der Waals surface area (Å²) in [6.45, 7) is 2.01. The van der Waals surface area contributed by atoms with Crippen molar-refractivity contribution in [3.05, 3.63) is 242 Å². The molecule has 0 radical (unpaired) electrons. The number of aryl methyl sites for hydroxylation is 1. The molecule has 0 amide bonds. The van der Waals surface area contributed by atoms with Crippen LogP contribution in [0.4, 0.5) is 45.5 Å². The maximum atomic E-state index is 7.05. The maximum Gasteiger partial charge on any atom is 0.333 e. The summed E-state index contributed by atoms with van der Waals surface area (Å²) in [5.41, 5.74) is 21.4. The fraction of sp³-hybridized carbons (Fsp3) is 0.0164. The molecule has 2 aliphatic heterocycles. The van der Waals surface area contributed by atoms with Crippen molar-refractivity contribution < 1.29 is 4.42 Å². The summed E-state index contributed by atoms with van der Waals surface area (Å²) in [4.78, 5) is 7.49. The maximum absolute atomic E-state index is 7.05. The highest BCUT2D eigenvalue weighted by Crippen LogP contribution is 2.51. The van der Waals surface area contributed by atoms with E-state index in [0.29, 0.717) is 0 Å². The van der Waals surface area contributed by atoms with E-state index in [9.17, 15) is 0 Å². The summed E-state index contributed by atoms with van der Waals surface area (Å²) in [6.07, 6.45) is 0. The van der Waals surface area contributed by atoms with Crippen LogP contribution in [0.15, 0.2) is 241 Å². The van der Waals surface area contributed by atoms with Crippen LogP contribution in [0, 0.1) is 6.92 Å². The third-order valence-corrected chi connectivity index (χ3v) is 13.5. The van der Waals surface area contributed by atoms with E-state index in [1.165, 1.54) is 38.7 Å². The summed E-state index contributed by atoms with van der Waals surface area (Å²) >= 11 is 0. The van der Waals surface area contributed by atoms with Gasteiger partial charge in [0.05, 0.1) is 0 Å². The van der Waals surface area contributed by atoms with Gasteiger partial charge in [-0.1, -0.05) is 152 Å². The van der Waals surface area contributed by atoms with Crippen molar-refractivity contribution in [1.29, 1.82) is 0 Å². The van der Waals surface area contributed by atoms with Gasteiger partial charge in [0, 0.05) is 67.4 Å². The largest absolute Gasteiger partial charge is 0.455 e. The van der Waals surface area contributed by atoms with Crippen LogP contribution < -0.4 is 25.5 Å². The number of hydrogen-bond donors (Lipinski definition) is 0. The SMILES string of the molecule is Cc1cc(-c2ccccc2)ccc1N1c2ccc(N(c3ccccc3)c3ccccc3)cc2B2c3c1cc1c(oc4ccccc41)c3-c1ccccc1N2c1cccc(-c2ccccc2)c1. The smallest absolute Gasteiger partial charge is 0.333 e. The molecular formula is C61H42BN3O. The predicted molar refractivity (Wildman–Crippen MR) is 278 cm³/mol. The van der Waals surface area contributed by atoms with E-state index < -0.39 is 0 Å². The summed E-state index contributed by atoms with van der Waals surface area (Å²) in [5.74, 6) is 0. The minimum Gasteiger partial charge on any atom is -0.455 e. The first-order chi connectivity index (χ1) is 32.7. The van der Waals surface area contributed by atoms with Gasteiger partial charge in [-0.15, -0.1) is 0 Å². The third kappa shape index (κ3) is 6.01. The standard InChI is InChI=1S/C61H42BN3O/c1-41-37-45(43-21-8-3-9-22-43)33-35-54(41)64-56-36-34-48(63(46-24-10-4-11-25-46)47-26-12-5-13-27-47)39-53(56)62-60-57(64)40-52-50-29-15-17-32-58(50)66-61(52)59(60)51-30-14-16-31-55(51)65(62)49-28-18-23-44(38-49)42-19-6-2-7-20-42/h2-40H,1H3. The van der Waals surface area contributed by atoms with Crippen LogP contribution in [0.5, 0.6) is 0 Å². The molecule has 3 heterocycles. The zero-order valence-electron chi connectivity index (χ0n) is 36.3. The van der Waals surface area contributed by atoms with Crippen molar-refractivity contribution in [2.45, 2.75) is 6.92 Å². The monoisotopic (exact) mass is 843 g/mol. The molecule has 0 bridgehead atoms. The minimum atomic E-state index is -0.239. The molecule has 0 saturated carbocycles. The van der Waals surface area contributed by atoms with Gasteiger partial charge in [-0.05, 0) is 131 Å². The zero-order chi connectivity index (χ0) is 43.7. The van der Waals surface area contributed by atoms with Gasteiger partial charge in [0.1, 0.15) is 11.2 Å². The van der Waals surface area contributed by atoms with Crippen LogP contribution in [0.25, 0.3) is 55.3 Å². The fourth-order valence-electron chi connectivity index (χ4n) is 10.6. The van der Waals surface area contributed by atoms with E-state index in [1.54, 1.807) is 0 Å². The number of benzene rings is 10. The van der Waals surface area contributed by atoms with Crippen LogP contribution >= 0.6 is 0 Å². The van der Waals surface area contributed by atoms with E-state index >= 15 is 0 Å². The second-order valence-electron chi connectivity index (χ2n) is 17.3. The highest BCUT2D eigenvalue weighted by Gasteiger charge is 2.47. The molecule has 5 heteroatoms. The molecular weight excluding hydrogens is 802 g/mol. The Morgan fingerprint density at radius 2 is 1.03 bits per heavy atom. The minimum absolute atomic E-state index is 0.239. The molecule has 13 rings (SSSR count). The van der Waals surface area contributed by atoms with Gasteiger partial charge in [-0.3, -0.25) is 0 Å². The van der Waals surface area contributed by atoms with Gasteiger partial charge in [-0.2, -0.15) is 0 Å². The molecule has 0 fully saturated rings. The molecule has 11 aromatic rings. The lowest BCUT2D eigenvalue weighted by Gasteiger charge is -2.46. The topological polar surface area (TPSA) is 22.9 Å². The Bertz CT molecular complexity index is 3590. The lowest BCUT2D eigenvalue weighted by Crippen LogP contribution is -2.61. The molecule has 0 spiro atoms. The molecule has 2 aliphatic rings. The van der Waals surface area contributed by atoms with E-state index in [1.807, 2.05) is 0 Å². The van der Waals surface area contributed by atoms with Crippen molar-refractivity contribution in [3.63, 3.8) is 0 Å². The van der Waals surface area contributed by atoms with Crippen LogP contribution in [-0.4, -0.2) is 6.85 Å². The number of rotatable bonds is 7. The molecule has 1 aromatic heterocycles. The predicted octanol–water partition coefficient (Wildman–Crippen LogP) is 15.4. The Kier molecular flexibility index (Phi) is 8.82. The molecule has 0 N–H and O–H groups in total. The second kappa shape index (κ2) is 15.3. The number of furan rings is 1. The highest BCUT2D eigenvalue weighted by atomic mass is 16.3. The summed E-state index contributed by atoms with van der Waals surface area (Å²) in [7, 11) is 0. The summed E-state index contributed by atoms with van der Waals surface area (Å²) in [6, 6.07) is 85.7. The number of para-hydroxylation sites is 4. The molecule has 310 valence electrons. The van der Waals surface area contributed by atoms with Gasteiger partial charge < -0.3 is 19.0 Å². The Morgan fingerprint density at radius 1 is 0.424 bits per heavy atom. The van der Waals surface area contributed by atoms with E-state index in [2.05, 4.69) is 258 Å². The number of hydrogen-bond acceptors (Lipinski definition) is 4. The molecule has 66 heavy (non-hydrogen) atoms. The van der Waals surface area contributed by atoms with E-state index in [4.69, 9.17) is 4.42 Å². The van der Waals surface area contributed by atoms with Gasteiger partial charge in [0.25, 0.3) is 0 Å². The lowest BCUT2D eigenvalue weighted by atomic mass is 9.43. The lowest BCUT2D eigenvalue weighted by molar-refractivity contribution is 0.670. The zero-order valence-corrected chi connectivity index (χ0v) is 36.3. The third-order valence-electron chi connectivity index (χ3n) is 13.5. The quantitative estimate of drug-likeness (QED) is 0.149. The van der Waals surface area contributed by atoms with Crippen molar-refractivity contribution in [2.24, 2.45) is 0 Å². The summed E-state index contributed by atoms with van der Waals surface area (Å²) < 4.78 is 7.05. The van der Waals surface area contributed by atoms with Gasteiger partial charge in [0.15, 0.2) is 0 Å². The van der Waals surface area contributed by atoms with Crippen molar-refractivity contribution in [2.75, 3.05) is 14.6 Å². The van der Waals surface area contributed by atoms with Gasteiger partial charge in [0.2, 0.25) is 0 Å². The Morgan fingerprint density at radius 3 is 1.74 bits per heavy atom. The molecule has 10 aromatic carbocycles. The first kappa shape index (κ1) is 38.0. The molecule has 0 unspecified atom stereocenters. The van der Waals surface area contributed by atoms with Crippen molar-refractivity contribution >= 4 is 85.2 Å². The Hall–Kier alpha value is -8.54. The van der Waals surface area contributed by atoms with Crippen molar-refractivity contribution in [3.8, 4) is 33.4 Å². The van der Waals surface area contributed by atoms with Gasteiger partial charge >= 0.3 is 6.85 Å². The molecule has 0 saturated heterocycles. The molecule has 0 atom stereocenters. The summed E-state index contributed by atoms with van der Waals surface area (Å²) in [5, 5.41) is 2.22. The molecule has 0 aliphatic carbocycles. The van der Waals surface area contributed by atoms with E-state index in [-0.39, 0.29) is 6.85 Å². The van der Waals surface area contributed by atoms with Gasteiger partial charge in [-0.25, -0.2) is 0 Å². The number of fused-ring (bicyclic) bond motifs is 8. The first-order valence-electron chi connectivity index (χ1n) is 22.7. The van der Waals surface area contributed by atoms with E-state index in [0.717, 1.165) is 78.6 Å². The van der Waals surface area contributed by atoms with Crippen LogP contribution in [0.1, 0.15) is 5.56 Å². The Labute approximate surface area is 385 Å². The van der Waals surface area contributed by atoms with Crippen molar-refractivity contribution in [1.82, 2.24) is 0 Å². The second-order valence-corrected chi connectivity index (χ2v) is 17.3. The normalized spacial score (nSPS) is 12.5. The Balaban J connectivity index is 1.14. The fourth-order valence-corrected chi connectivity index (χ4v) is 10.6. The highest BCUT2D eigenvalue weighted by molar-refractivity contribution is 6.94. The first-order valence-corrected chi connectivity index (χ1v) is 22.7. The number of nitrogens with zero attached hydrogens (tertiary/aromatic N) is 3. The average Bonchev–Trinajstić information content (AvgIpc) is 3.76. The number of anilines is 8. The average molecular weight is 844 g/mol. The van der Waals surface area contributed by atoms with Crippen LogP contribution in [0.2, 0.25) is 0 Å².